The van der Waals surface area contributed by atoms with Crippen molar-refractivity contribution in [1.29, 1.82) is 0 Å². The summed E-state index contributed by atoms with van der Waals surface area (Å²) in [5, 5.41) is 0. The summed E-state index contributed by atoms with van der Waals surface area (Å²) < 4.78 is 5.84. The minimum atomic E-state index is 0.700. The molecule has 0 N–H and O–H groups in total. The zero-order valence-corrected chi connectivity index (χ0v) is 18.9. The lowest BCUT2D eigenvalue weighted by Gasteiger charge is -2.33. The van der Waals surface area contributed by atoms with Crippen LogP contribution in [0.1, 0.15) is 13.3 Å². The molecule has 5 rings (SSSR count). The quantitative estimate of drug-likeness (QED) is 0.465. The maximum absolute atomic E-state index is 5.84. The van der Waals surface area contributed by atoms with Gasteiger partial charge in [-0.25, -0.2) is 0 Å². The highest BCUT2D eigenvalue weighted by molar-refractivity contribution is 7.99. The fourth-order valence-electron chi connectivity index (χ4n) is 4.49. The van der Waals surface area contributed by atoms with Crippen LogP contribution >= 0.6 is 11.8 Å². The van der Waals surface area contributed by atoms with Crippen LogP contribution in [0, 0.1) is 0 Å². The Morgan fingerprint density at radius 1 is 0.774 bits per heavy atom. The summed E-state index contributed by atoms with van der Waals surface area (Å²) in [4.78, 5) is 10.2. The highest BCUT2D eigenvalue weighted by Crippen LogP contribution is 2.47. The van der Waals surface area contributed by atoms with Crippen LogP contribution in [0.4, 0.5) is 17.1 Å². The van der Waals surface area contributed by atoms with E-state index in [4.69, 9.17) is 4.74 Å². The second kappa shape index (κ2) is 9.25. The van der Waals surface area contributed by atoms with Crippen LogP contribution in [0.2, 0.25) is 0 Å². The van der Waals surface area contributed by atoms with Crippen LogP contribution in [0.15, 0.2) is 82.6 Å². The van der Waals surface area contributed by atoms with Gasteiger partial charge >= 0.3 is 0 Å². The minimum Gasteiger partial charge on any atom is -0.492 e. The first-order valence-electron chi connectivity index (χ1n) is 11.2. The van der Waals surface area contributed by atoms with Gasteiger partial charge in [0.2, 0.25) is 0 Å². The lowest BCUT2D eigenvalue weighted by Crippen LogP contribution is -2.29. The molecule has 1 fully saturated rings. The number of hydrogen-bond acceptors (Lipinski definition) is 5. The van der Waals surface area contributed by atoms with Crippen molar-refractivity contribution < 1.29 is 4.74 Å². The van der Waals surface area contributed by atoms with E-state index < -0.39 is 0 Å². The third kappa shape index (κ3) is 4.25. The predicted molar refractivity (Wildman–Crippen MR) is 130 cm³/mol. The Morgan fingerprint density at radius 2 is 1.42 bits per heavy atom. The third-order valence-corrected chi connectivity index (χ3v) is 7.08. The minimum absolute atomic E-state index is 0.700. The summed E-state index contributed by atoms with van der Waals surface area (Å²) in [7, 11) is 0. The van der Waals surface area contributed by atoms with Crippen molar-refractivity contribution in [3.63, 3.8) is 0 Å². The summed E-state index contributed by atoms with van der Waals surface area (Å²) in [5.41, 5.74) is 3.88. The molecule has 0 aliphatic carbocycles. The zero-order chi connectivity index (χ0) is 21.0. The molecule has 4 nitrogen and oxygen atoms in total. The highest BCUT2D eigenvalue weighted by Gasteiger charge is 2.25. The molecule has 5 heteroatoms. The summed E-state index contributed by atoms with van der Waals surface area (Å²) in [6, 6.07) is 25.9. The standard InChI is InChI=1S/C26H29N3OS/c1-2-30-24-13-6-3-10-21(24)28-19-18-27(20-28)16-9-17-29-22-11-4-7-14-25(22)31-26-15-8-5-12-23(26)29/h3-8,10-15H,2,9,16-20H2,1H3. The summed E-state index contributed by atoms with van der Waals surface area (Å²) in [6.45, 7) is 7.99. The van der Waals surface area contributed by atoms with Crippen molar-refractivity contribution in [2.24, 2.45) is 0 Å². The van der Waals surface area contributed by atoms with Gasteiger partial charge in [-0.15, -0.1) is 0 Å². The highest BCUT2D eigenvalue weighted by atomic mass is 32.2. The molecule has 3 aromatic carbocycles. The van der Waals surface area contributed by atoms with Gasteiger partial charge in [-0.2, -0.15) is 0 Å². The lowest BCUT2D eigenvalue weighted by atomic mass is 10.2. The third-order valence-electron chi connectivity index (χ3n) is 5.95. The lowest BCUT2D eigenvalue weighted by molar-refractivity contribution is 0.332. The smallest absolute Gasteiger partial charge is 0.142 e. The van der Waals surface area contributed by atoms with Gasteiger partial charge in [0.05, 0.1) is 30.3 Å². The van der Waals surface area contributed by atoms with Gasteiger partial charge in [-0.1, -0.05) is 48.2 Å². The molecule has 160 valence electrons. The van der Waals surface area contributed by atoms with Gasteiger partial charge in [-0.3, -0.25) is 4.90 Å². The van der Waals surface area contributed by atoms with Gasteiger partial charge in [0, 0.05) is 36.0 Å². The average Bonchev–Trinajstić information content (AvgIpc) is 3.28. The largest absolute Gasteiger partial charge is 0.492 e. The molecule has 0 radical (unpaired) electrons. The van der Waals surface area contributed by atoms with Crippen LogP contribution in [-0.4, -0.2) is 44.4 Å². The summed E-state index contributed by atoms with van der Waals surface area (Å²) in [5.74, 6) is 0.992. The molecule has 0 bridgehead atoms. The normalized spacial score (nSPS) is 15.6. The van der Waals surface area contributed by atoms with E-state index in [1.165, 1.54) is 26.9 Å². The molecule has 0 unspecified atom stereocenters. The molecule has 3 aromatic rings. The number of fused-ring (bicyclic) bond motifs is 2. The van der Waals surface area contributed by atoms with Crippen molar-refractivity contribution in [3.8, 4) is 5.75 Å². The molecule has 0 amide bonds. The van der Waals surface area contributed by atoms with Crippen molar-refractivity contribution >= 4 is 28.8 Å². The maximum atomic E-state index is 5.84. The van der Waals surface area contributed by atoms with Gasteiger partial charge in [0.1, 0.15) is 5.75 Å². The Hall–Kier alpha value is -2.63. The average molecular weight is 432 g/mol. The Kier molecular flexibility index (Phi) is 6.05. The van der Waals surface area contributed by atoms with Gasteiger partial charge < -0.3 is 14.5 Å². The van der Waals surface area contributed by atoms with E-state index in [1.54, 1.807) is 0 Å². The van der Waals surface area contributed by atoms with Crippen LogP contribution in [-0.2, 0) is 0 Å². The topological polar surface area (TPSA) is 19.0 Å². The van der Waals surface area contributed by atoms with Crippen molar-refractivity contribution in [3.05, 3.63) is 72.8 Å². The molecule has 2 aliphatic rings. The van der Waals surface area contributed by atoms with E-state index >= 15 is 0 Å². The Labute approximate surface area is 189 Å². The maximum Gasteiger partial charge on any atom is 0.142 e. The molecule has 0 saturated carbocycles. The first-order chi connectivity index (χ1) is 15.3. The first kappa shape index (κ1) is 20.3. The zero-order valence-electron chi connectivity index (χ0n) is 18.0. The van der Waals surface area contributed by atoms with Gasteiger partial charge in [-0.05, 0) is 49.7 Å². The fourth-order valence-corrected chi connectivity index (χ4v) is 5.59. The van der Waals surface area contributed by atoms with Gasteiger partial charge in [0.25, 0.3) is 0 Å². The molecule has 31 heavy (non-hydrogen) atoms. The van der Waals surface area contributed by atoms with Crippen LogP contribution in [0.3, 0.4) is 0 Å². The molecule has 1 saturated heterocycles. The SMILES string of the molecule is CCOc1ccccc1N1CCN(CCCN2c3ccccc3Sc3ccccc32)C1. The summed E-state index contributed by atoms with van der Waals surface area (Å²) in [6.07, 6.45) is 1.13. The molecular formula is C26H29N3OS. The second-order valence-corrected chi connectivity index (χ2v) is 9.05. The van der Waals surface area contributed by atoms with E-state index in [0.717, 1.165) is 45.0 Å². The summed E-state index contributed by atoms with van der Waals surface area (Å²) >= 11 is 1.88. The van der Waals surface area contributed by atoms with E-state index in [0.29, 0.717) is 6.61 Å². The molecule has 0 atom stereocenters. The number of hydrogen-bond donors (Lipinski definition) is 0. The number of benzene rings is 3. The Bertz CT molecular complexity index is 995. The number of nitrogens with zero attached hydrogens (tertiary/aromatic N) is 3. The van der Waals surface area contributed by atoms with Crippen LogP contribution in [0.25, 0.3) is 0 Å². The number of rotatable bonds is 7. The molecule has 0 spiro atoms. The number of ether oxygens (including phenoxy) is 1. The number of anilines is 3. The molecule has 0 aromatic heterocycles. The first-order valence-corrected chi connectivity index (χ1v) is 12.0. The molecule has 2 heterocycles. The van der Waals surface area contributed by atoms with E-state index in [2.05, 4.69) is 87.5 Å². The fraction of sp³-hybridized carbons (Fsp3) is 0.308. The van der Waals surface area contributed by atoms with E-state index in [1.807, 2.05) is 18.7 Å². The van der Waals surface area contributed by atoms with Gasteiger partial charge in [0.15, 0.2) is 0 Å². The van der Waals surface area contributed by atoms with Crippen LogP contribution in [0.5, 0.6) is 5.75 Å². The van der Waals surface area contributed by atoms with Crippen molar-refractivity contribution in [2.75, 3.05) is 49.3 Å². The molecule has 2 aliphatic heterocycles. The van der Waals surface area contributed by atoms with E-state index in [-0.39, 0.29) is 0 Å². The molecular weight excluding hydrogens is 402 g/mol. The van der Waals surface area contributed by atoms with Crippen LogP contribution < -0.4 is 14.5 Å². The van der Waals surface area contributed by atoms with Crippen molar-refractivity contribution in [2.45, 2.75) is 23.1 Å². The predicted octanol–water partition coefficient (Wildman–Crippen LogP) is 5.86. The van der Waals surface area contributed by atoms with Crippen molar-refractivity contribution in [1.82, 2.24) is 4.90 Å². The number of para-hydroxylation sites is 4. The Morgan fingerprint density at radius 3 is 2.13 bits per heavy atom. The monoisotopic (exact) mass is 431 g/mol. The Balaban J connectivity index is 1.23. The van der Waals surface area contributed by atoms with E-state index in [9.17, 15) is 0 Å². The second-order valence-electron chi connectivity index (χ2n) is 7.97.